The van der Waals surface area contributed by atoms with Gasteiger partial charge < -0.3 is 9.64 Å². The predicted octanol–water partition coefficient (Wildman–Crippen LogP) is 2.00. The highest BCUT2D eigenvalue weighted by atomic mass is 16.5. The van der Waals surface area contributed by atoms with Crippen LogP contribution in [0.1, 0.15) is 34.1 Å². The Balaban J connectivity index is 4.48. The molecular formula is C13H23NO3. The van der Waals surface area contributed by atoms with E-state index in [9.17, 15) is 9.59 Å². The monoisotopic (exact) mass is 241 g/mol. The number of hydrogen-bond acceptors (Lipinski definition) is 3. The minimum atomic E-state index is -0.288. The average Bonchev–Trinajstić information content (AvgIpc) is 2.21. The summed E-state index contributed by atoms with van der Waals surface area (Å²) < 4.78 is 4.57. The number of carbonyl (C=O) groups excluding carboxylic acids is 2. The van der Waals surface area contributed by atoms with Gasteiger partial charge in [0, 0.05) is 19.2 Å². The van der Waals surface area contributed by atoms with Crippen LogP contribution < -0.4 is 0 Å². The molecule has 0 aliphatic carbocycles. The second-order valence-electron chi connectivity index (χ2n) is 4.73. The summed E-state index contributed by atoms with van der Waals surface area (Å²) >= 11 is 0. The Labute approximate surface area is 104 Å². The van der Waals surface area contributed by atoms with Gasteiger partial charge in [-0.1, -0.05) is 19.4 Å². The zero-order valence-corrected chi connectivity index (χ0v) is 11.4. The van der Waals surface area contributed by atoms with Crippen molar-refractivity contribution in [2.45, 2.75) is 34.1 Å². The highest BCUT2D eigenvalue weighted by Crippen LogP contribution is 2.04. The van der Waals surface area contributed by atoms with E-state index >= 15 is 0 Å². The van der Waals surface area contributed by atoms with E-state index in [0.29, 0.717) is 19.0 Å². The van der Waals surface area contributed by atoms with Gasteiger partial charge >= 0.3 is 5.97 Å². The standard InChI is InChI=1S/C13H23NO3/c1-10(2)8-12(15)14(9-11(3)4)7-6-13(16)17-5/h8,11H,6-7,9H2,1-5H3. The number of allylic oxidation sites excluding steroid dienone is 1. The molecule has 0 aromatic heterocycles. The molecule has 0 aliphatic rings. The van der Waals surface area contributed by atoms with Crippen LogP contribution in [-0.4, -0.2) is 37.0 Å². The lowest BCUT2D eigenvalue weighted by Crippen LogP contribution is -2.35. The minimum Gasteiger partial charge on any atom is -0.469 e. The summed E-state index contributed by atoms with van der Waals surface area (Å²) in [5.41, 5.74) is 0.960. The Morgan fingerprint density at radius 3 is 2.29 bits per heavy atom. The average molecular weight is 241 g/mol. The van der Waals surface area contributed by atoms with Crippen molar-refractivity contribution in [2.24, 2.45) is 5.92 Å². The van der Waals surface area contributed by atoms with Crippen LogP contribution >= 0.6 is 0 Å². The molecule has 0 aromatic rings. The van der Waals surface area contributed by atoms with Crippen molar-refractivity contribution < 1.29 is 14.3 Å². The zero-order chi connectivity index (χ0) is 13.4. The van der Waals surface area contributed by atoms with E-state index in [-0.39, 0.29) is 18.3 Å². The van der Waals surface area contributed by atoms with E-state index in [4.69, 9.17) is 0 Å². The maximum Gasteiger partial charge on any atom is 0.307 e. The maximum atomic E-state index is 11.9. The molecule has 0 spiro atoms. The number of rotatable bonds is 6. The van der Waals surface area contributed by atoms with E-state index in [1.165, 1.54) is 7.11 Å². The highest BCUT2D eigenvalue weighted by molar-refractivity contribution is 5.88. The second kappa shape index (κ2) is 7.87. The SMILES string of the molecule is COC(=O)CCN(CC(C)C)C(=O)C=C(C)C. The van der Waals surface area contributed by atoms with Gasteiger partial charge in [0.15, 0.2) is 0 Å². The van der Waals surface area contributed by atoms with Crippen LogP contribution in [0.2, 0.25) is 0 Å². The molecule has 4 nitrogen and oxygen atoms in total. The van der Waals surface area contributed by atoms with Gasteiger partial charge in [-0.2, -0.15) is 0 Å². The Bertz CT molecular complexity index is 291. The molecule has 0 saturated carbocycles. The minimum absolute atomic E-state index is 0.0393. The van der Waals surface area contributed by atoms with Crippen molar-refractivity contribution in [1.82, 2.24) is 4.90 Å². The Morgan fingerprint density at radius 1 is 1.29 bits per heavy atom. The number of hydrogen-bond donors (Lipinski definition) is 0. The van der Waals surface area contributed by atoms with Gasteiger partial charge in [-0.3, -0.25) is 9.59 Å². The van der Waals surface area contributed by atoms with E-state index < -0.39 is 0 Å². The summed E-state index contributed by atoms with van der Waals surface area (Å²) in [5, 5.41) is 0. The molecule has 17 heavy (non-hydrogen) atoms. The maximum absolute atomic E-state index is 11.9. The number of carbonyl (C=O) groups is 2. The molecule has 0 saturated heterocycles. The van der Waals surface area contributed by atoms with Crippen LogP contribution in [0.3, 0.4) is 0 Å². The van der Waals surface area contributed by atoms with Crippen LogP contribution in [0.25, 0.3) is 0 Å². The lowest BCUT2D eigenvalue weighted by Gasteiger charge is -2.23. The van der Waals surface area contributed by atoms with E-state index in [1.54, 1.807) is 11.0 Å². The third-order valence-electron chi connectivity index (χ3n) is 2.12. The summed E-state index contributed by atoms with van der Waals surface area (Å²) in [6.45, 7) is 8.91. The van der Waals surface area contributed by atoms with E-state index in [1.807, 2.05) is 27.7 Å². The Kier molecular flexibility index (Phi) is 7.26. The molecule has 0 atom stereocenters. The third-order valence-corrected chi connectivity index (χ3v) is 2.12. The summed E-state index contributed by atoms with van der Waals surface area (Å²) in [4.78, 5) is 24.6. The topological polar surface area (TPSA) is 46.6 Å². The molecule has 0 rings (SSSR count). The van der Waals surface area contributed by atoms with Crippen molar-refractivity contribution in [1.29, 1.82) is 0 Å². The van der Waals surface area contributed by atoms with E-state index in [0.717, 1.165) is 5.57 Å². The molecule has 0 bridgehead atoms. The fourth-order valence-corrected chi connectivity index (χ4v) is 1.40. The van der Waals surface area contributed by atoms with Crippen LogP contribution in [0.5, 0.6) is 0 Å². The molecule has 4 heteroatoms. The molecule has 98 valence electrons. The van der Waals surface area contributed by atoms with Gasteiger partial charge in [0.25, 0.3) is 0 Å². The van der Waals surface area contributed by atoms with Crippen molar-refractivity contribution >= 4 is 11.9 Å². The summed E-state index contributed by atoms with van der Waals surface area (Å²) in [7, 11) is 1.35. The van der Waals surface area contributed by atoms with Gasteiger partial charge in [0.05, 0.1) is 13.5 Å². The van der Waals surface area contributed by atoms with Crippen molar-refractivity contribution in [3.05, 3.63) is 11.6 Å². The number of nitrogens with zero attached hydrogens (tertiary/aromatic N) is 1. The van der Waals surface area contributed by atoms with Crippen molar-refractivity contribution in [3.8, 4) is 0 Å². The van der Waals surface area contributed by atoms with Gasteiger partial charge in [-0.05, 0) is 19.8 Å². The first-order chi connectivity index (χ1) is 7.86. The van der Waals surface area contributed by atoms with Crippen molar-refractivity contribution in [2.75, 3.05) is 20.2 Å². The second-order valence-corrected chi connectivity index (χ2v) is 4.73. The van der Waals surface area contributed by atoms with Crippen LogP contribution in [0.4, 0.5) is 0 Å². The number of esters is 1. The first-order valence-corrected chi connectivity index (χ1v) is 5.87. The molecule has 0 unspecified atom stereocenters. The van der Waals surface area contributed by atoms with Crippen molar-refractivity contribution in [3.63, 3.8) is 0 Å². The highest BCUT2D eigenvalue weighted by Gasteiger charge is 2.14. The molecule has 0 aliphatic heterocycles. The number of ether oxygens (including phenoxy) is 1. The van der Waals surface area contributed by atoms with E-state index in [2.05, 4.69) is 4.74 Å². The molecule has 0 radical (unpaired) electrons. The van der Waals surface area contributed by atoms with Crippen LogP contribution in [-0.2, 0) is 14.3 Å². The Morgan fingerprint density at radius 2 is 1.88 bits per heavy atom. The van der Waals surface area contributed by atoms with Gasteiger partial charge in [-0.25, -0.2) is 0 Å². The lowest BCUT2D eigenvalue weighted by atomic mass is 10.2. The molecular weight excluding hydrogens is 218 g/mol. The fourth-order valence-electron chi connectivity index (χ4n) is 1.40. The van der Waals surface area contributed by atoms with Crippen LogP contribution in [0, 0.1) is 5.92 Å². The first kappa shape index (κ1) is 15.7. The summed E-state index contributed by atoms with van der Waals surface area (Å²) in [5.74, 6) is 0.0496. The lowest BCUT2D eigenvalue weighted by molar-refractivity contribution is -0.141. The normalized spacial score (nSPS) is 10.0. The predicted molar refractivity (Wildman–Crippen MR) is 67.5 cm³/mol. The first-order valence-electron chi connectivity index (χ1n) is 5.87. The smallest absolute Gasteiger partial charge is 0.307 e. The summed E-state index contributed by atoms with van der Waals surface area (Å²) in [6, 6.07) is 0. The van der Waals surface area contributed by atoms with Gasteiger partial charge in [0.2, 0.25) is 5.91 Å². The number of methoxy groups -OCH3 is 1. The molecule has 0 fully saturated rings. The third kappa shape index (κ3) is 7.55. The summed E-state index contributed by atoms with van der Waals surface area (Å²) in [6.07, 6.45) is 1.84. The largest absolute Gasteiger partial charge is 0.469 e. The molecule has 0 N–H and O–H groups in total. The zero-order valence-electron chi connectivity index (χ0n) is 11.4. The molecule has 0 heterocycles. The van der Waals surface area contributed by atoms with Crippen LogP contribution in [0.15, 0.2) is 11.6 Å². The number of amides is 1. The Hall–Kier alpha value is -1.32. The van der Waals surface area contributed by atoms with Gasteiger partial charge in [0.1, 0.15) is 0 Å². The van der Waals surface area contributed by atoms with Gasteiger partial charge in [-0.15, -0.1) is 0 Å². The molecule has 0 aromatic carbocycles. The molecule has 1 amide bonds. The fraction of sp³-hybridized carbons (Fsp3) is 0.692. The quantitative estimate of drug-likeness (QED) is 0.528.